The largest absolute Gasteiger partial charge is 0.326 e. The van der Waals surface area contributed by atoms with E-state index < -0.39 is 0 Å². The third-order valence-corrected chi connectivity index (χ3v) is 2.89. The number of halogens is 1. The van der Waals surface area contributed by atoms with Crippen molar-refractivity contribution in [1.29, 1.82) is 0 Å². The number of nitrogens with two attached hydrogens (primary N) is 1. The van der Waals surface area contributed by atoms with E-state index in [1.165, 1.54) is 11.6 Å². The van der Waals surface area contributed by atoms with Crippen molar-refractivity contribution >= 4 is 0 Å². The first-order valence-electron chi connectivity index (χ1n) is 4.91. The van der Waals surface area contributed by atoms with Crippen LogP contribution in [0.4, 0.5) is 4.39 Å². The molecule has 3 heteroatoms. The molecule has 1 aliphatic rings. The number of aryl methyl sites for hydroxylation is 1. The highest BCUT2D eigenvalue weighted by Gasteiger charge is 2.26. The van der Waals surface area contributed by atoms with Gasteiger partial charge in [-0.1, -0.05) is 6.07 Å². The molecule has 0 saturated carbocycles. The summed E-state index contributed by atoms with van der Waals surface area (Å²) in [4.78, 5) is 0. The second-order valence-electron chi connectivity index (χ2n) is 3.93. The van der Waals surface area contributed by atoms with E-state index in [-0.39, 0.29) is 11.9 Å². The normalized spacial score (nSPS) is 26.8. The minimum atomic E-state index is -0.175. The zero-order valence-electron chi connectivity index (χ0n) is 8.26. The van der Waals surface area contributed by atoms with E-state index >= 15 is 0 Å². The van der Waals surface area contributed by atoms with E-state index in [0.717, 1.165) is 18.7 Å². The van der Waals surface area contributed by atoms with Crippen LogP contribution >= 0.6 is 0 Å². The highest BCUT2D eigenvalue weighted by atomic mass is 19.1. The fourth-order valence-electron chi connectivity index (χ4n) is 2.09. The summed E-state index contributed by atoms with van der Waals surface area (Å²) < 4.78 is 12.9. The number of nitrogens with one attached hydrogen (secondary N) is 1. The van der Waals surface area contributed by atoms with Gasteiger partial charge in [0.25, 0.3) is 0 Å². The topological polar surface area (TPSA) is 38.0 Å². The van der Waals surface area contributed by atoms with Gasteiger partial charge >= 0.3 is 0 Å². The van der Waals surface area contributed by atoms with Gasteiger partial charge in [0.1, 0.15) is 5.82 Å². The van der Waals surface area contributed by atoms with Crippen LogP contribution in [0.3, 0.4) is 0 Å². The van der Waals surface area contributed by atoms with E-state index in [1.807, 2.05) is 13.0 Å². The Morgan fingerprint density at radius 1 is 1.43 bits per heavy atom. The molecule has 14 heavy (non-hydrogen) atoms. The summed E-state index contributed by atoms with van der Waals surface area (Å²) in [6, 6.07) is 5.08. The molecule has 3 N–H and O–H groups in total. The third-order valence-electron chi connectivity index (χ3n) is 2.89. The van der Waals surface area contributed by atoms with Gasteiger partial charge in [-0.25, -0.2) is 4.39 Å². The Labute approximate surface area is 83.3 Å². The molecule has 2 rings (SSSR count). The maximum atomic E-state index is 12.9. The lowest BCUT2D eigenvalue weighted by molar-refractivity contribution is 0.617. The van der Waals surface area contributed by atoms with E-state index in [4.69, 9.17) is 5.73 Å². The zero-order chi connectivity index (χ0) is 10.1. The van der Waals surface area contributed by atoms with E-state index in [1.54, 1.807) is 6.07 Å². The SMILES string of the molecule is Cc1cc(F)ccc1C1CNCC1N. The standard InChI is InChI=1S/C11H15FN2/c1-7-4-8(12)2-3-9(7)10-5-14-6-11(10)13/h2-4,10-11,14H,5-6,13H2,1H3. The summed E-state index contributed by atoms with van der Waals surface area (Å²) in [7, 11) is 0. The van der Waals surface area contributed by atoms with Crippen LogP contribution in [0.15, 0.2) is 18.2 Å². The Morgan fingerprint density at radius 3 is 2.79 bits per heavy atom. The van der Waals surface area contributed by atoms with Gasteiger partial charge in [-0.3, -0.25) is 0 Å². The highest BCUT2D eigenvalue weighted by molar-refractivity contribution is 5.32. The quantitative estimate of drug-likeness (QED) is 0.703. The van der Waals surface area contributed by atoms with Crippen LogP contribution in [0.25, 0.3) is 0 Å². The van der Waals surface area contributed by atoms with Gasteiger partial charge in [-0.15, -0.1) is 0 Å². The molecule has 1 aliphatic heterocycles. The summed E-state index contributed by atoms with van der Waals surface area (Å²) in [5.74, 6) is 0.154. The van der Waals surface area contributed by atoms with E-state index in [2.05, 4.69) is 5.32 Å². The fourth-order valence-corrected chi connectivity index (χ4v) is 2.09. The van der Waals surface area contributed by atoms with Gasteiger partial charge in [0.15, 0.2) is 0 Å². The lowest BCUT2D eigenvalue weighted by atomic mass is 9.91. The first kappa shape index (κ1) is 9.62. The van der Waals surface area contributed by atoms with Crippen LogP contribution in [0.5, 0.6) is 0 Å². The molecule has 0 aliphatic carbocycles. The maximum Gasteiger partial charge on any atom is 0.123 e. The van der Waals surface area contributed by atoms with Gasteiger partial charge in [0.2, 0.25) is 0 Å². The zero-order valence-corrected chi connectivity index (χ0v) is 8.26. The van der Waals surface area contributed by atoms with Crippen molar-refractivity contribution in [3.8, 4) is 0 Å². The van der Waals surface area contributed by atoms with E-state index in [0.29, 0.717) is 5.92 Å². The first-order chi connectivity index (χ1) is 6.68. The first-order valence-corrected chi connectivity index (χ1v) is 4.91. The van der Waals surface area contributed by atoms with Crippen LogP contribution in [-0.2, 0) is 0 Å². The molecule has 2 unspecified atom stereocenters. The third kappa shape index (κ3) is 1.65. The summed E-state index contributed by atoms with van der Waals surface area (Å²) in [6.07, 6.45) is 0. The summed E-state index contributed by atoms with van der Waals surface area (Å²) in [6.45, 7) is 3.68. The number of hydrogen-bond acceptors (Lipinski definition) is 2. The number of rotatable bonds is 1. The molecule has 2 nitrogen and oxygen atoms in total. The molecular formula is C11H15FN2. The molecule has 76 valence electrons. The molecule has 1 heterocycles. The maximum absolute atomic E-state index is 12.9. The molecule has 0 bridgehead atoms. The Bertz CT molecular complexity index is 338. The molecule has 0 amide bonds. The monoisotopic (exact) mass is 194 g/mol. The van der Waals surface area contributed by atoms with Crippen molar-refractivity contribution in [2.24, 2.45) is 5.73 Å². The number of benzene rings is 1. The molecule has 1 aromatic rings. The molecular weight excluding hydrogens is 179 g/mol. The molecule has 2 atom stereocenters. The predicted octanol–water partition coefficient (Wildman–Crippen LogP) is 1.15. The molecule has 1 aromatic carbocycles. The van der Waals surface area contributed by atoms with Gasteiger partial charge < -0.3 is 11.1 Å². The molecule has 0 aromatic heterocycles. The Kier molecular flexibility index (Phi) is 2.52. The van der Waals surface area contributed by atoms with Crippen LogP contribution in [0.1, 0.15) is 17.0 Å². The van der Waals surface area contributed by atoms with Crippen molar-refractivity contribution in [2.75, 3.05) is 13.1 Å². The van der Waals surface area contributed by atoms with Crippen LogP contribution in [0, 0.1) is 12.7 Å². The van der Waals surface area contributed by atoms with Gasteiger partial charge in [0, 0.05) is 25.0 Å². The Hall–Kier alpha value is -0.930. The minimum absolute atomic E-state index is 0.152. The van der Waals surface area contributed by atoms with Gasteiger partial charge in [0.05, 0.1) is 0 Å². The lowest BCUT2D eigenvalue weighted by Crippen LogP contribution is -2.27. The molecule has 1 saturated heterocycles. The summed E-state index contributed by atoms with van der Waals surface area (Å²) in [5, 5.41) is 3.24. The van der Waals surface area contributed by atoms with E-state index in [9.17, 15) is 4.39 Å². The fraction of sp³-hybridized carbons (Fsp3) is 0.455. The molecule has 0 spiro atoms. The second-order valence-corrected chi connectivity index (χ2v) is 3.93. The minimum Gasteiger partial charge on any atom is -0.326 e. The Morgan fingerprint density at radius 2 is 2.21 bits per heavy atom. The number of hydrogen-bond donors (Lipinski definition) is 2. The van der Waals surface area contributed by atoms with Crippen LogP contribution in [-0.4, -0.2) is 19.1 Å². The lowest BCUT2D eigenvalue weighted by Gasteiger charge is -2.16. The Balaban J connectivity index is 2.31. The van der Waals surface area contributed by atoms with Crippen molar-refractivity contribution in [3.63, 3.8) is 0 Å². The smallest absolute Gasteiger partial charge is 0.123 e. The van der Waals surface area contributed by atoms with Crippen molar-refractivity contribution in [3.05, 3.63) is 35.1 Å². The predicted molar refractivity (Wildman–Crippen MR) is 54.7 cm³/mol. The van der Waals surface area contributed by atoms with Gasteiger partial charge in [-0.2, -0.15) is 0 Å². The molecule has 0 radical (unpaired) electrons. The average molecular weight is 194 g/mol. The van der Waals surface area contributed by atoms with Gasteiger partial charge in [-0.05, 0) is 30.2 Å². The summed E-state index contributed by atoms with van der Waals surface area (Å²) in [5.41, 5.74) is 8.13. The van der Waals surface area contributed by atoms with Crippen LogP contribution in [0.2, 0.25) is 0 Å². The second kappa shape index (κ2) is 3.67. The van der Waals surface area contributed by atoms with Crippen molar-refractivity contribution in [1.82, 2.24) is 5.32 Å². The van der Waals surface area contributed by atoms with Crippen LogP contribution < -0.4 is 11.1 Å². The summed E-state index contributed by atoms with van der Waals surface area (Å²) >= 11 is 0. The highest BCUT2D eigenvalue weighted by Crippen LogP contribution is 2.25. The van der Waals surface area contributed by atoms with Crippen molar-refractivity contribution in [2.45, 2.75) is 18.9 Å². The average Bonchev–Trinajstić information content (AvgIpc) is 2.52. The molecule has 1 fully saturated rings. The van der Waals surface area contributed by atoms with Crippen molar-refractivity contribution < 1.29 is 4.39 Å².